The maximum atomic E-state index is 13.0. The first kappa shape index (κ1) is 24.7. The number of nitrogens with zero attached hydrogens (tertiary/aromatic N) is 2. The number of carbonyl (C=O) groups is 1. The van der Waals surface area contributed by atoms with Crippen molar-refractivity contribution in [3.63, 3.8) is 0 Å². The van der Waals surface area contributed by atoms with E-state index in [1.165, 1.54) is 5.56 Å². The van der Waals surface area contributed by atoms with Crippen LogP contribution in [0.15, 0.2) is 53.4 Å². The Kier molecular flexibility index (Phi) is 7.91. The monoisotopic (exact) mass is 485 g/mol. The van der Waals surface area contributed by atoms with Gasteiger partial charge in [-0.25, -0.2) is 8.42 Å². The third-order valence-electron chi connectivity index (χ3n) is 6.97. The van der Waals surface area contributed by atoms with E-state index in [0.29, 0.717) is 12.1 Å². The number of nitrogens with one attached hydrogen (secondary N) is 1. The van der Waals surface area contributed by atoms with Gasteiger partial charge in [0.2, 0.25) is 10.0 Å². The Hall–Kier alpha value is -2.42. The third-order valence-corrected chi connectivity index (χ3v) is 9.00. The van der Waals surface area contributed by atoms with Crippen LogP contribution >= 0.6 is 0 Å². The number of sulfonamides is 1. The van der Waals surface area contributed by atoms with Gasteiger partial charge in [0.25, 0.3) is 5.91 Å². The van der Waals surface area contributed by atoms with Crippen LogP contribution in [0.2, 0.25) is 0 Å². The quantitative estimate of drug-likeness (QED) is 0.648. The summed E-state index contributed by atoms with van der Waals surface area (Å²) >= 11 is 0. The molecule has 4 rings (SSSR count). The summed E-state index contributed by atoms with van der Waals surface area (Å²) in [6.07, 6.45) is 4.59. The van der Waals surface area contributed by atoms with Gasteiger partial charge in [-0.15, -0.1) is 0 Å². The van der Waals surface area contributed by atoms with E-state index in [1.807, 2.05) is 25.1 Å². The van der Waals surface area contributed by atoms with E-state index in [4.69, 9.17) is 4.74 Å². The van der Waals surface area contributed by atoms with Crippen LogP contribution in [0.5, 0.6) is 5.75 Å². The molecule has 0 radical (unpaired) electrons. The molecule has 0 spiro atoms. The van der Waals surface area contributed by atoms with Crippen LogP contribution in [0.4, 0.5) is 0 Å². The fourth-order valence-corrected chi connectivity index (χ4v) is 6.62. The van der Waals surface area contributed by atoms with Crippen molar-refractivity contribution in [1.29, 1.82) is 0 Å². The van der Waals surface area contributed by atoms with Crippen LogP contribution in [0.1, 0.15) is 54.9 Å². The summed E-state index contributed by atoms with van der Waals surface area (Å²) in [5.74, 6) is 0.747. The van der Waals surface area contributed by atoms with Gasteiger partial charge in [-0.05, 0) is 62.9 Å². The lowest BCUT2D eigenvalue weighted by atomic mass is 10.0. The highest BCUT2D eigenvalue weighted by molar-refractivity contribution is 7.89. The zero-order chi connectivity index (χ0) is 24.1. The topological polar surface area (TPSA) is 79.0 Å². The molecule has 2 aliphatic rings. The number of ether oxygens (including phenoxy) is 1. The van der Waals surface area contributed by atoms with E-state index >= 15 is 0 Å². The number of hydrogen-bond donors (Lipinski definition) is 1. The lowest BCUT2D eigenvalue weighted by Crippen LogP contribution is -2.44. The predicted octanol–water partition coefficient (Wildman–Crippen LogP) is 3.65. The van der Waals surface area contributed by atoms with Crippen molar-refractivity contribution in [2.24, 2.45) is 0 Å². The number of methoxy groups -OCH3 is 1. The van der Waals surface area contributed by atoms with Gasteiger partial charge in [0.05, 0.1) is 12.0 Å². The molecule has 184 valence electrons. The summed E-state index contributed by atoms with van der Waals surface area (Å²) in [4.78, 5) is 15.4. The SMILES string of the molecule is COc1ccccc1CN1CCC(NC(=O)c2ccc(S(=O)(=O)N3CCCCC3C)cc2)CC1. The molecule has 2 heterocycles. The van der Waals surface area contributed by atoms with Crippen LogP contribution < -0.4 is 10.1 Å². The van der Waals surface area contributed by atoms with Crippen molar-refractivity contribution < 1.29 is 17.9 Å². The highest BCUT2D eigenvalue weighted by Gasteiger charge is 2.31. The molecule has 34 heavy (non-hydrogen) atoms. The van der Waals surface area contributed by atoms with Crippen molar-refractivity contribution in [2.45, 2.75) is 62.6 Å². The normalized spacial score (nSPS) is 20.7. The molecule has 1 N–H and O–H groups in total. The highest BCUT2D eigenvalue weighted by atomic mass is 32.2. The lowest BCUT2D eigenvalue weighted by molar-refractivity contribution is 0.0908. The average Bonchev–Trinajstić information content (AvgIpc) is 2.86. The summed E-state index contributed by atoms with van der Waals surface area (Å²) in [7, 11) is -1.84. The Balaban J connectivity index is 1.30. The molecule has 2 fully saturated rings. The largest absolute Gasteiger partial charge is 0.496 e. The van der Waals surface area contributed by atoms with Crippen molar-refractivity contribution in [3.05, 3.63) is 59.7 Å². The van der Waals surface area contributed by atoms with E-state index in [9.17, 15) is 13.2 Å². The standard InChI is InChI=1S/C26H35N3O4S/c1-20-7-5-6-16-29(20)34(31,32)24-12-10-21(11-13-24)26(30)27-23-14-17-28(18-15-23)19-22-8-3-4-9-25(22)33-2/h3-4,8-13,20,23H,5-7,14-19H2,1-2H3,(H,27,30). The van der Waals surface area contributed by atoms with Gasteiger partial charge in [-0.1, -0.05) is 24.6 Å². The Morgan fingerprint density at radius 3 is 2.38 bits per heavy atom. The third kappa shape index (κ3) is 5.62. The predicted molar refractivity (Wildman–Crippen MR) is 132 cm³/mol. The van der Waals surface area contributed by atoms with E-state index in [1.54, 1.807) is 35.7 Å². The van der Waals surface area contributed by atoms with Crippen molar-refractivity contribution in [1.82, 2.24) is 14.5 Å². The van der Waals surface area contributed by atoms with E-state index in [2.05, 4.69) is 16.3 Å². The summed E-state index contributed by atoms with van der Waals surface area (Å²) < 4.78 is 33.1. The minimum Gasteiger partial charge on any atom is -0.496 e. The lowest BCUT2D eigenvalue weighted by Gasteiger charge is -2.33. The molecule has 2 aromatic carbocycles. The van der Waals surface area contributed by atoms with Gasteiger partial charge in [-0.2, -0.15) is 4.31 Å². The maximum Gasteiger partial charge on any atom is 0.251 e. The smallest absolute Gasteiger partial charge is 0.251 e. The number of piperidine rings is 2. The van der Waals surface area contributed by atoms with Gasteiger partial charge in [-0.3, -0.25) is 9.69 Å². The Labute approximate surface area is 203 Å². The molecule has 0 aromatic heterocycles. The fraction of sp³-hybridized carbons (Fsp3) is 0.500. The van der Waals surface area contributed by atoms with Gasteiger partial charge >= 0.3 is 0 Å². The second-order valence-corrected chi connectivity index (χ2v) is 11.2. The molecule has 2 saturated heterocycles. The number of likely N-dealkylation sites (tertiary alicyclic amines) is 1. The van der Waals surface area contributed by atoms with E-state index in [0.717, 1.165) is 57.5 Å². The molecule has 0 bridgehead atoms. The first-order valence-corrected chi connectivity index (χ1v) is 13.6. The number of para-hydroxylation sites is 1. The van der Waals surface area contributed by atoms with Crippen LogP contribution in [-0.4, -0.2) is 62.4 Å². The molecule has 1 unspecified atom stereocenters. The van der Waals surface area contributed by atoms with Crippen LogP contribution in [0.3, 0.4) is 0 Å². The first-order valence-electron chi connectivity index (χ1n) is 12.2. The van der Waals surface area contributed by atoms with Gasteiger partial charge in [0.1, 0.15) is 5.75 Å². The average molecular weight is 486 g/mol. The molecule has 8 heteroatoms. The maximum absolute atomic E-state index is 13.0. The van der Waals surface area contributed by atoms with Gasteiger partial charge in [0.15, 0.2) is 0 Å². The molecule has 0 saturated carbocycles. The number of benzene rings is 2. The summed E-state index contributed by atoms with van der Waals surface area (Å²) in [5.41, 5.74) is 1.66. The minimum atomic E-state index is -3.53. The second kappa shape index (κ2) is 10.9. The molecular formula is C26H35N3O4S. The second-order valence-electron chi connectivity index (χ2n) is 9.32. The zero-order valence-corrected chi connectivity index (χ0v) is 20.9. The summed E-state index contributed by atoms with van der Waals surface area (Å²) in [5, 5.41) is 3.12. The number of hydrogen-bond acceptors (Lipinski definition) is 5. The van der Waals surface area contributed by atoms with E-state index in [-0.39, 0.29) is 22.9 Å². The molecule has 2 aliphatic heterocycles. The number of rotatable bonds is 7. The molecule has 1 atom stereocenters. The fourth-order valence-electron chi connectivity index (χ4n) is 4.92. The van der Waals surface area contributed by atoms with Crippen molar-refractivity contribution >= 4 is 15.9 Å². The highest BCUT2D eigenvalue weighted by Crippen LogP contribution is 2.25. The van der Waals surface area contributed by atoms with Crippen molar-refractivity contribution in [3.8, 4) is 5.75 Å². The zero-order valence-electron chi connectivity index (χ0n) is 20.1. The van der Waals surface area contributed by atoms with Crippen molar-refractivity contribution in [2.75, 3.05) is 26.7 Å². The molecule has 0 aliphatic carbocycles. The van der Waals surface area contributed by atoms with Crippen LogP contribution in [0, 0.1) is 0 Å². The van der Waals surface area contributed by atoms with E-state index < -0.39 is 10.0 Å². The number of carbonyl (C=O) groups excluding carboxylic acids is 1. The van der Waals surface area contributed by atoms with Crippen LogP contribution in [0.25, 0.3) is 0 Å². The Bertz CT molecular complexity index is 1080. The first-order chi connectivity index (χ1) is 16.4. The summed E-state index contributed by atoms with van der Waals surface area (Å²) in [6, 6.07) is 14.5. The Morgan fingerprint density at radius 2 is 1.71 bits per heavy atom. The molecule has 1 amide bonds. The minimum absolute atomic E-state index is 0.00979. The Morgan fingerprint density at radius 1 is 1.00 bits per heavy atom. The van der Waals surface area contributed by atoms with Gasteiger partial charge < -0.3 is 10.1 Å². The molecular weight excluding hydrogens is 450 g/mol. The summed E-state index contributed by atoms with van der Waals surface area (Å²) in [6.45, 7) is 5.14. The molecule has 7 nitrogen and oxygen atoms in total. The molecule has 2 aromatic rings. The van der Waals surface area contributed by atoms with Gasteiger partial charge in [0, 0.05) is 49.4 Å². The number of amides is 1. The van der Waals surface area contributed by atoms with Crippen LogP contribution in [-0.2, 0) is 16.6 Å².